The molecule has 222 valence electrons. The third-order valence-corrected chi connectivity index (χ3v) is 6.61. The van der Waals surface area contributed by atoms with Crippen molar-refractivity contribution in [3.8, 4) is 12.3 Å². The average molecular weight is 562 g/mol. The minimum atomic E-state index is -0.956. The van der Waals surface area contributed by atoms with Gasteiger partial charge in [0.25, 0.3) is 0 Å². The van der Waals surface area contributed by atoms with Gasteiger partial charge in [0.15, 0.2) is 0 Å². The number of hydrogen-bond donors (Lipinski definition) is 2. The maximum atomic E-state index is 14.5. The van der Waals surface area contributed by atoms with Gasteiger partial charge >= 0.3 is 6.09 Å². The van der Waals surface area contributed by atoms with E-state index in [1.54, 1.807) is 37.8 Å². The molecule has 0 fully saturated rings. The van der Waals surface area contributed by atoms with E-state index in [1.165, 1.54) is 0 Å². The molecule has 2 unspecified atom stereocenters. The van der Waals surface area contributed by atoms with Gasteiger partial charge in [0.05, 0.1) is 0 Å². The van der Waals surface area contributed by atoms with Crippen LogP contribution in [0, 0.1) is 12.3 Å². The molecule has 7 heteroatoms. The zero-order chi connectivity index (χ0) is 30.3. The maximum Gasteiger partial charge on any atom is 0.408 e. The van der Waals surface area contributed by atoms with E-state index in [0.29, 0.717) is 30.6 Å². The monoisotopic (exact) mass is 561 g/mol. The molecule has 2 atom stereocenters. The minimum Gasteiger partial charge on any atom is -0.444 e. The molecule has 0 aromatic heterocycles. The Hall–Kier alpha value is -3.79. The predicted octanol–water partition coefficient (Wildman–Crippen LogP) is 6.17. The van der Waals surface area contributed by atoms with E-state index in [-0.39, 0.29) is 18.2 Å². The van der Waals surface area contributed by atoms with Crippen LogP contribution in [0.3, 0.4) is 0 Å². The predicted molar refractivity (Wildman–Crippen MR) is 164 cm³/mol. The number of alkyl carbamates (subject to hydrolysis) is 1. The Morgan fingerprint density at radius 1 is 0.927 bits per heavy atom. The lowest BCUT2D eigenvalue weighted by molar-refractivity contribution is -0.142. The smallest absolute Gasteiger partial charge is 0.408 e. The number of benzene rings is 2. The molecule has 0 saturated carbocycles. The lowest BCUT2D eigenvalue weighted by atomic mass is 9.96. The molecule has 0 bridgehead atoms. The fourth-order valence-corrected chi connectivity index (χ4v) is 4.60. The lowest BCUT2D eigenvalue weighted by Gasteiger charge is -2.35. The van der Waals surface area contributed by atoms with E-state index in [4.69, 9.17) is 11.2 Å². The average Bonchev–Trinajstić information content (AvgIpc) is 2.94. The molecule has 0 spiro atoms. The first kappa shape index (κ1) is 33.4. The summed E-state index contributed by atoms with van der Waals surface area (Å²) in [4.78, 5) is 42.8. The third kappa shape index (κ3) is 11.3. The number of nitrogens with one attached hydrogen (secondary N) is 2. The number of rotatable bonds is 15. The van der Waals surface area contributed by atoms with Crippen LogP contribution >= 0.6 is 0 Å². The number of ether oxygens (including phenoxy) is 1. The highest BCUT2D eigenvalue weighted by atomic mass is 16.6. The zero-order valence-electron chi connectivity index (χ0n) is 25.4. The van der Waals surface area contributed by atoms with Gasteiger partial charge in [-0.2, -0.15) is 0 Å². The highest BCUT2D eigenvalue weighted by molar-refractivity contribution is 5.92. The molecular weight excluding hydrogens is 514 g/mol. The second-order valence-electron chi connectivity index (χ2n) is 11.3. The molecule has 0 saturated heterocycles. The van der Waals surface area contributed by atoms with Gasteiger partial charge in [0.2, 0.25) is 11.8 Å². The number of carbonyl (C=O) groups is 3. The Kier molecular flexibility index (Phi) is 14.0. The van der Waals surface area contributed by atoms with Gasteiger partial charge in [0.1, 0.15) is 17.7 Å². The highest BCUT2D eigenvalue weighted by Crippen LogP contribution is 2.27. The number of hydrogen-bond acceptors (Lipinski definition) is 4. The Balaban J connectivity index is 2.56. The number of amides is 3. The Morgan fingerprint density at radius 2 is 1.56 bits per heavy atom. The van der Waals surface area contributed by atoms with Crippen molar-refractivity contribution < 1.29 is 19.1 Å². The number of unbranched alkanes of at least 4 members (excludes halogenated alkanes) is 4. The van der Waals surface area contributed by atoms with Crippen molar-refractivity contribution in [3.05, 3.63) is 71.3 Å². The molecule has 2 N–H and O–H groups in total. The summed E-state index contributed by atoms with van der Waals surface area (Å²) in [6.45, 7) is 10.3. The highest BCUT2D eigenvalue weighted by Gasteiger charge is 2.37. The van der Waals surface area contributed by atoms with Crippen molar-refractivity contribution in [2.45, 2.75) is 97.2 Å². The lowest BCUT2D eigenvalue weighted by Crippen LogP contribution is -2.54. The van der Waals surface area contributed by atoms with E-state index in [2.05, 4.69) is 30.4 Å². The zero-order valence-corrected chi connectivity index (χ0v) is 25.4. The molecule has 41 heavy (non-hydrogen) atoms. The summed E-state index contributed by atoms with van der Waals surface area (Å²) in [7, 11) is 0. The summed E-state index contributed by atoms with van der Waals surface area (Å²) in [5.74, 6) is 2.04. The summed E-state index contributed by atoms with van der Waals surface area (Å²) < 4.78 is 5.51. The van der Waals surface area contributed by atoms with Crippen molar-refractivity contribution in [1.82, 2.24) is 15.5 Å². The maximum absolute atomic E-state index is 14.5. The van der Waals surface area contributed by atoms with Gasteiger partial charge < -0.3 is 20.3 Å². The second kappa shape index (κ2) is 17.1. The van der Waals surface area contributed by atoms with E-state index in [1.807, 2.05) is 42.5 Å². The van der Waals surface area contributed by atoms with Crippen LogP contribution in [0.25, 0.3) is 0 Å². The molecule has 2 aromatic rings. The number of terminal acetylenes is 1. The van der Waals surface area contributed by atoms with Crippen molar-refractivity contribution in [2.75, 3.05) is 13.1 Å². The van der Waals surface area contributed by atoms with E-state index in [0.717, 1.165) is 37.7 Å². The van der Waals surface area contributed by atoms with E-state index >= 15 is 0 Å². The van der Waals surface area contributed by atoms with Gasteiger partial charge in [0, 0.05) is 25.1 Å². The van der Waals surface area contributed by atoms with Crippen LogP contribution < -0.4 is 10.6 Å². The topological polar surface area (TPSA) is 87.7 Å². The Bertz CT molecular complexity index is 1150. The molecule has 0 radical (unpaired) electrons. The van der Waals surface area contributed by atoms with Crippen LogP contribution in [-0.4, -0.2) is 47.5 Å². The quantitative estimate of drug-likeness (QED) is 0.201. The molecule has 0 aliphatic heterocycles. The van der Waals surface area contributed by atoms with Gasteiger partial charge in [-0.3, -0.25) is 9.59 Å². The van der Waals surface area contributed by atoms with Gasteiger partial charge in [-0.15, -0.1) is 6.42 Å². The summed E-state index contributed by atoms with van der Waals surface area (Å²) in [5, 5.41) is 5.84. The second-order valence-corrected chi connectivity index (χ2v) is 11.3. The minimum absolute atomic E-state index is 0.241. The molecule has 0 heterocycles. The van der Waals surface area contributed by atoms with Gasteiger partial charge in [-0.25, -0.2) is 4.79 Å². The summed E-state index contributed by atoms with van der Waals surface area (Å²) in [6.07, 6.45) is 10.8. The summed E-state index contributed by atoms with van der Waals surface area (Å²) >= 11 is 0. The molecule has 7 nitrogen and oxygen atoms in total. The summed E-state index contributed by atoms with van der Waals surface area (Å²) in [5.41, 5.74) is 1.27. The van der Waals surface area contributed by atoms with Gasteiger partial charge in [-0.1, -0.05) is 94.0 Å². The van der Waals surface area contributed by atoms with Crippen molar-refractivity contribution in [2.24, 2.45) is 0 Å². The Morgan fingerprint density at radius 3 is 2.20 bits per heavy atom. The van der Waals surface area contributed by atoms with Crippen LogP contribution in [0.5, 0.6) is 0 Å². The normalized spacial score (nSPS) is 12.5. The molecular formula is C34H47N3O4. The molecule has 2 rings (SSSR count). The fourth-order valence-electron chi connectivity index (χ4n) is 4.60. The first-order valence-corrected chi connectivity index (χ1v) is 14.8. The standard InChI is InChI=1S/C34H47N3O4/c1-7-10-17-23-35-31(38)30(28-22-16-15-21-27(28)9-3)37(24-18-11-8-2)32(39)29(25-26-19-13-12-14-20-26)36-33(40)41-34(4,5)6/h3,12-16,19-22,29-30H,7-8,10-11,17-18,23-25H2,1-2,4-6H3,(H,35,38)(H,36,40). The van der Waals surface area contributed by atoms with Crippen molar-refractivity contribution in [3.63, 3.8) is 0 Å². The largest absolute Gasteiger partial charge is 0.444 e. The van der Waals surface area contributed by atoms with Crippen LogP contribution in [0.2, 0.25) is 0 Å². The molecule has 2 aromatic carbocycles. The van der Waals surface area contributed by atoms with E-state index in [9.17, 15) is 14.4 Å². The third-order valence-electron chi connectivity index (χ3n) is 6.61. The van der Waals surface area contributed by atoms with Crippen LogP contribution in [0.15, 0.2) is 54.6 Å². The van der Waals surface area contributed by atoms with E-state index < -0.39 is 23.8 Å². The van der Waals surface area contributed by atoms with Gasteiger partial charge in [-0.05, 0) is 50.8 Å². The number of carbonyl (C=O) groups excluding carboxylic acids is 3. The molecule has 3 amide bonds. The van der Waals surface area contributed by atoms with Crippen LogP contribution in [-0.2, 0) is 20.7 Å². The molecule has 0 aliphatic rings. The first-order chi connectivity index (χ1) is 19.6. The fraction of sp³-hybridized carbons (Fsp3) is 0.500. The Labute approximate surface area is 246 Å². The number of nitrogens with zero attached hydrogens (tertiary/aromatic N) is 1. The molecule has 0 aliphatic carbocycles. The SMILES string of the molecule is C#Cc1ccccc1C(C(=O)NCCCCC)N(CCCCC)C(=O)C(Cc1ccccc1)NC(=O)OC(C)(C)C. The first-order valence-electron chi connectivity index (χ1n) is 14.8. The van der Waals surface area contributed by atoms with Crippen molar-refractivity contribution in [1.29, 1.82) is 0 Å². The van der Waals surface area contributed by atoms with Crippen LogP contribution in [0.1, 0.15) is 95.9 Å². The van der Waals surface area contributed by atoms with Crippen molar-refractivity contribution >= 4 is 17.9 Å². The summed E-state index contributed by atoms with van der Waals surface area (Å²) in [6, 6.07) is 14.8. The van der Waals surface area contributed by atoms with Crippen LogP contribution in [0.4, 0.5) is 4.79 Å².